The summed E-state index contributed by atoms with van der Waals surface area (Å²) in [6, 6.07) is 6.08. The lowest BCUT2D eigenvalue weighted by atomic mass is 10.1. The van der Waals surface area contributed by atoms with Crippen molar-refractivity contribution in [3.8, 4) is 5.75 Å². The second kappa shape index (κ2) is 6.61. The molecule has 0 atom stereocenters. The first kappa shape index (κ1) is 13.2. The van der Waals surface area contributed by atoms with E-state index in [2.05, 4.69) is 11.4 Å². The van der Waals surface area contributed by atoms with Gasteiger partial charge in [0, 0.05) is 30.9 Å². The topological polar surface area (TPSA) is 39.7 Å². The first-order valence-electron chi connectivity index (χ1n) is 6.57. The van der Waals surface area contributed by atoms with Crippen LogP contribution in [0.3, 0.4) is 0 Å². The number of nitrogens with one attached hydrogen (secondary N) is 1. The van der Waals surface area contributed by atoms with Crippen molar-refractivity contribution in [2.45, 2.75) is 26.6 Å². The lowest BCUT2D eigenvalue weighted by molar-refractivity contribution is -0.126. The van der Waals surface area contributed by atoms with Crippen LogP contribution in [0.1, 0.15) is 19.4 Å². The zero-order chi connectivity index (χ0) is 12.8. The number of ether oxygens (including phenoxy) is 3. The second-order valence-electron chi connectivity index (χ2n) is 4.10. The molecule has 0 fully saturated rings. The lowest BCUT2D eigenvalue weighted by Gasteiger charge is -2.19. The molecular weight excluding hydrogens is 230 g/mol. The van der Waals surface area contributed by atoms with E-state index in [1.165, 1.54) is 5.56 Å². The fourth-order valence-electron chi connectivity index (χ4n) is 2.12. The Morgan fingerprint density at radius 3 is 2.78 bits per heavy atom. The molecule has 2 rings (SSSR count). The molecule has 0 saturated carbocycles. The molecule has 1 heterocycles. The fourth-order valence-corrected chi connectivity index (χ4v) is 2.12. The molecule has 4 heteroatoms. The molecule has 1 N–H and O–H groups in total. The predicted octanol–water partition coefficient (Wildman–Crippen LogP) is 2.43. The fraction of sp³-hybridized carbons (Fsp3) is 0.571. The zero-order valence-corrected chi connectivity index (χ0v) is 11.1. The summed E-state index contributed by atoms with van der Waals surface area (Å²) >= 11 is 0. The highest BCUT2D eigenvalue weighted by atomic mass is 16.7. The molecule has 1 aliphatic rings. The highest BCUT2D eigenvalue weighted by Gasteiger charge is 2.16. The quantitative estimate of drug-likeness (QED) is 0.756. The predicted molar refractivity (Wildman–Crippen MR) is 71.2 cm³/mol. The molecule has 4 nitrogen and oxygen atoms in total. The minimum atomic E-state index is -0.196. The van der Waals surface area contributed by atoms with Gasteiger partial charge in [-0.25, -0.2) is 0 Å². The van der Waals surface area contributed by atoms with Crippen LogP contribution in [-0.2, 0) is 15.9 Å². The third-order valence-corrected chi connectivity index (χ3v) is 2.91. The van der Waals surface area contributed by atoms with Crippen LogP contribution in [0.4, 0.5) is 5.69 Å². The molecular formula is C14H21NO3. The Balaban J connectivity index is 1.95. The van der Waals surface area contributed by atoms with E-state index in [0.29, 0.717) is 19.8 Å². The summed E-state index contributed by atoms with van der Waals surface area (Å²) in [5.41, 5.74) is 2.37. The largest absolute Gasteiger partial charge is 0.493 e. The molecule has 0 amide bonds. The van der Waals surface area contributed by atoms with Gasteiger partial charge < -0.3 is 19.5 Å². The maximum atomic E-state index is 5.54. The average molecular weight is 251 g/mol. The summed E-state index contributed by atoms with van der Waals surface area (Å²) in [6.07, 6.45) is 0.769. The normalized spacial score (nSPS) is 13.5. The van der Waals surface area contributed by atoms with Crippen molar-refractivity contribution in [3.63, 3.8) is 0 Å². The van der Waals surface area contributed by atoms with Gasteiger partial charge in [-0.15, -0.1) is 0 Å². The number of rotatable bonds is 7. The first-order valence-corrected chi connectivity index (χ1v) is 6.57. The number of hydrogen-bond acceptors (Lipinski definition) is 4. The summed E-state index contributed by atoms with van der Waals surface area (Å²) in [5.74, 6) is 0.990. The number of fused-ring (bicyclic) bond motifs is 1. The van der Waals surface area contributed by atoms with Crippen molar-refractivity contribution in [3.05, 3.63) is 23.8 Å². The summed E-state index contributed by atoms with van der Waals surface area (Å²) in [6.45, 7) is 6.68. The van der Waals surface area contributed by atoms with E-state index in [0.717, 1.165) is 24.5 Å². The van der Waals surface area contributed by atoms with Crippen molar-refractivity contribution in [1.29, 1.82) is 0 Å². The standard InChI is InChI=1S/C14H21NO3/c1-3-16-14(17-4-2)10-15-12-6-5-7-13-11(12)8-9-18-13/h5-7,14-15H,3-4,8-10H2,1-2H3. The Bertz CT molecular complexity index is 375. The van der Waals surface area contributed by atoms with Gasteiger partial charge in [-0.2, -0.15) is 0 Å². The van der Waals surface area contributed by atoms with Gasteiger partial charge in [0.2, 0.25) is 0 Å². The highest BCUT2D eigenvalue weighted by Crippen LogP contribution is 2.31. The van der Waals surface area contributed by atoms with Gasteiger partial charge in [0.15, 0.2) is 6.29 Å². The van der Waals surface area contributed by atoms with Crippen molar-refractivity contribution < 1.29 is 14.2 Å². The van der Waals surface area contributed by atoms with Gasteiger partial charge in [-0.1, -0.05) is 6.07 Å². The van der Waals surface area contributed by atoms with Crippen LogP contribution in [0.5, 0.6) is 5.75 Å². The number of anilines is 1. The van der Waals surface area contributed by atoms with Crippen LogP contribution in [0.2, 0.25) is 0 Å². The monoisotopic (exact) mass is 251 g/mol. The minimum absolute atomic E-state index is 0.196. The Kier molecular flexibility index (Phi) is 4.84. The molecule has 1 aromatic carbocycles. The molecule has 18 heavy (non-hydrogen) atoms. The van der Waals surface area contributed by atoms with Crippen LogP contribution in [0, 0.1) is 0 Å². The smallest absolute Gasteiger partial charge is 0.174 e. The van der Waals surface area contributed by atoms with Crippen molar-refractivity contribution in [2.75, 3.05) is 31.7 Å². The Morgan fingerprint density at radius 1 is 1.28 bits per heavy atom. The Morgan fingerprint density at radius 2 is 2.06 bits per heavy atom. The first-order chi connectivity index (χ1) is 8.85. The number of hydrogen-bond donors (Lipinski definition) is 1. The summed E-state index contributed by atoms with van der Waals surface area (Å²) < 4.78 is 16.6. The molecule has 1 aliphatic heterocycles. The number of benzene rings is 1. The van der Waals surface area contributed by atoms with Gasteiger partial charge in [0.1, 0.15) is 5.75 Å². The van der Waals surface area contributed by atoms with Crippen LogP contribution < -0.4 is 10.1 Å². The van der Waals surface area contributed by atoms with E-state index in [-0.39, 0.29) is 6.29 Å². The maximum absolute atomic E-state index is 5.54. The molecule has 1 aromatic rings. The van der Waals surface area contributed by atoms with Gasteiger partial charge in [0.05, 0.1) is 13.2 Å². The molecule has 0 spiro atoms. The Labute approximate surface area is 108 Å². The molecule has 100 valence electrons. The van der Waals surface area contributed by atoms with Crippen LogP contribution >= 0.6 is 0 Å². The SMILES string of the molecule is CCOC(CNc1cccc2c1CCO2)OCC. The third kappa shape index (κ3) is 3.15. The molecule has 0 aliphatic carbocycles. The molecule has 0 aromatic heterocycles. The summed E-state index contributed by atoms with van der Waals surface area (Å²) in [4.78, 5) is 0. The van der Waals surface area contributed by atoms with E-state index in [9.17, 15) is 0 Å². The lowest BCUT2D eigenvalue weighted by Crippen LogP contribution is -2.26. The molecule has 0 saturated heterocycles. The third-order valence-electron chi connectivity index (χ3n) is 2.91. The van der Waals surface area contributed by atoms with E-state index < -0.39 is 0 Å². The van der Waals surface area contributed by atoms with E-state index in [1.54, 1.807) is 0 Å². The summed E-state index contributed by atoms with van der Waals surface area (Å²) in [5, 5.41) is 3.38. The highest BCUT2D eigenvalue weighted by molar-refractivity contribution is 5.59. The average Bonchev–Trinajstić information content (AvgIpc) is 2.85. The van der Waals surface area contributed by atoms with Crippen molar-refractivity contribution in [2.24, 2.45) is 0 Å². The van der Waals surface area contributed by atoms with Gasteiger partial charge >= 0.3 is 0 Å². The van der Waals surface area contributed by atoms with Crippen LogP contribution in [-0.4, -0.2) is 32.7 Å². The second-order valence-corrected chi connectivity index (χ2v) is 4.10. The van der Waals surface area contributed by atoms with Gasteiger partial charge in [-0.05, 0) is 26.0 Å². The van der Waals surface area contributed by atoms with Crippen LogP contribution in [0.25, 0.3) is 0 Å². The Hall–Kier alpha value is -1.26. The van der Waals surface area contributed by atoms with Crippen molar-refractivity contribution in [1.82, 2.24) is 0 Å². The van der Waals surface area contributed by atoms with Crippen molar-refractivity contribution >= 4 is 5.69 Å². The zero-order valence-electron chi connectivity index (χ0n) is 11.1. The van der Waals surface area contributed by atoms with Crippen LogP contribution in [0.15, 0.2) is 18.2 Å². The van der Waals surface area contributed by atoms with E-state index >= 15 is 0 Å². The molecule has 0 radical (unpaired) electrons. The van der Waals surface area contributed by atoms with Gasteiger partial charge in [0.25, 0.3) is 0 Å². The minimum Gasteiger partial charge on any atom is -0.493 e. The van der Waals surface area contributed by atoms with Gasteiger partial charge in [-0.3, -0.25) is 0 Å². The van der Waals surface area contributed by atoms with E-state index in [4.69, 9.17) is 14.2 Å². The molecule has 0 bridgehead atoms. The molecule has 0 unspecified atom stereocenters. The van der Waals surface area contributed by atoms with E-state index in [1.807, 2.05) is 26.0 Å². The maximum Gasteiger partial charge on any atom is 0.174 e. The summed E-state index contributed by atoms with van der Waals surface area (Å²) in [7, 11) is 0.